The summed E-state index contributed by atoms with van der Waals surface area (Å²) in [4.78, 5) is 18.6. The van der Waals surface area contributed by atoms with E-state index in [2.05, 4.69) is 11.9 Å². The molecule has 128 valence electrons. The Labute approximate surface area is 145 Å². The second-order valence-corrected chi connectivity index (χ2v) is 6.39. The van der Waals surface area contributed by atoms with Gasteiger partial charge in [-0.2, -0.15) is 0 Å². The minimum atomic E-state index is -0.116. The van der Waals surface area contributed by atoms with E-state index in [-0.39, 0.29) is 11.7 Å². The summed E-state index contributed by atoms with van der Waals surface area (Å²) in [6.07, 6.45) is 4.08. The highest BCUT2D eigenvalue weighted by Crippen LogP contribution is 2.27. The number of rotatable bonds is 4. The molecule has 1 unspecified atom stereocenters. The van der Waals surface area contributed by atoms with E-state index in [1.165, 1.54) is 6.07 Å². The Hall–Kier alpha value is -2.66. The highest BCUT2D eigenvalue weighted by atomic mass is 16.5. The maximum atomic E-state index is 11.2. The zero-order chi connectivity index (χ0) is 17.2. The summed E-state index contributed by atoms with van der Waals surface area (Å²) in [5.41, 5.74) is 3.64. The molecular weight excluding hydrogens is 316 g/mol. The number of pyridine rings is 2. The van der Waals surface area contributed by atoms with Gasteiger partial charge in [-0.25, -0.2) is 4.98 Å². The van der Waals surface area contributed by atoms with Crippen molar-refractivity contribution < 1.29 is 9.47 Å². The molecule has 1 fully saturated rings. The molecule has 1 aromatic carbocycles. The molecule has 4 rings (SSSR count). The molecular formula is C20H20N2O3. The van der Waals surface area contributed by atoms with E-state index >= 15 is 0 Å². The van der Waals surface area contributed by atoms with Crippen molar-refractivity contribution in [3.05, 3.63) is 58.5 Å². The Bertz CT molecular complexity index is 938. The molecule has 25 heavy (non-hydrogen) atoms. The lowest BCUT2D eigenvalue weighted by Crippen LogP contribution is -2.16. The maximum absolute atomic E-state index is 11.2. The van der Waals surface area contributed by atoms with Crippen LogP contribution in [0.5, 0.6) is 5.75 Å². The van der Waals surface area contributed by atoms with Crippen molar-refractivity contribution in [2.24, 2.45) is 0 Å². The summed E-state index contributed by atoms with van der Waals surface area (Å²) in [5, 5.41) is 1.07. The first-order chi connectivity index (χ1) is 12.2. The van der Waals surface area contributed by atoms with Crippen LogP contribution in [0.3, 0.4) is 0 Å². The van der Waals surface area contributed by atoms with Crippen molar-refractivity contribution in [1.29, 1.82) is 0 Å². The molecule has 5 heteroatoms. The fourth-order valence-corrected chi connectivity index (χ4v) is 3.15. The van der Waals surface area contributed by atoms with E-state index in [1.54, 1.807) is 12.3 Å². The first-order valence-corrected chi connectivity index (χ1v) is 8.54. The minimum absolute atomic E-state index is 0.116. The van der Waals surface area contributed by atoms with Crippen molar-refractivity contribution in [1.82, 2.24) is 9.97 Å². The lowest BCUT2D eigenvalue weighted by atomic mass is 10.1. The van der Waals surface area contributed by atoms with Crippen molar-refractivity contribution in [3.63, 3.8) is 0 Å². The van der Waals surface area contributed by atoms with Crippen molar-refractivity contribution in [2.75, 3.05) is 13.2 Å². The third kappa shape index (κ3) is 3.42. The molecule has 0 spiro atoms. The van der Waals surface area contributed by atoms with E-state index in [1.807, 2.05) is 24.3 Å². The van der Waals surface area contributed by atoms with Gasteiger partial charge >= 0.3 is 0 Å². The van der Waals surface area contributed by atoms with Crippen LogP contribution in [0.25, 0.3) is 22.2 Å². The molecule has 0 saturated carbocycles. The Morgan fingerprint density at radius 2 is 2.20 bits per heavy atom. The number of ether oxygens (including phenoxy) is 2. The summed E-state index contributed by atoms with van der Waals surface area (Å²) in [6.45, 7) is 3.48. The number of nitrogens with one attached hydrogen (secondary N) is 1. The molecule has 3 heterocycles. The van der Waals surface area contributed by atoms with Crippen molar-refractivity contribution in [2.45, 2.75) is 25.9 Å². The number of hydrogen-bond donors (Lipinski definition) is 1. The molecule has 0 bridgehead atoms. The van der Waals surface area contributed by atoms with Crippen LogP contribution in [-0.2, 0) is 4.74 Å². The summed E-state index contributed by atoms with van der Waals surface area (Å²) in [5.74, 6) is 0.838. The Morgan fingerprint density at radius 3 is 2.96 bits per heavy atom. The number of fused-ring (bicyclic) bond motifs is 1. The van der Waals surface area contributed by atoms with Gasteiger partial charge in [-0.15, -0.1) is 0 Å². The quantitative estimate of drug-likeness (QED) is 0.792. The first-order valence-electron chi connectivity index (χ1n) is 8.54. The second-order valence-electron chi connectivity index (χ2n) is 6.39. The molecule has 1 aliphatic heterocycles. The molecule has 0 aliphatic carbocycles. The smallest absolute Gasteiger partial charge is 0.247 e. The van der Waals surface area contributed by atoms with Gasteiger partial charge in [0.05, 0.1) is 17.3 Å². The molecule has 2 aromatic heterocycles. The minimum Gasteiger partial charge on any atom is -0.491 e. The van der Waals surface area contributed by atoms with E-state index in [0.717, 1.165) is 52.9 Å². The third-order valence-electron chi connectivity index (χ3n) is 4.53. The molecule has 0 amide bonds. The van der Waals surface area contributed by atoms with Gasteiger partial charge in [0.1, 0.15) is 12.4 Å². The van der Waals surface area contributed by atoms with Gasteiger partial charge < -0.3 is 14.5 Å². The number of aromatic nitrogens is 2. The van der Waals surface area contributed by atoms with Gasteiger partial charge in [-0.05, 0) is 55.7 Å². The highest BCUT2D eigenvalue weighted by molar-refractivity contribution is 5.86. The summed E-state index contributed by atoms with van der Waals surface area (Å²) in [7, 11) is 0. The standard InChI is InChI=1S/C20H20N2O3/c1-13-9-19(14-4-7-20(23)21-11-14)22-18-6-5-15(10-17(13)18)25-12-16-3-2-8-24-16/h4-7,9-11,16H,2-3,8,12H2,1H3,(H,21,23). The van der Waals surface area contributed by atoms with Crippen LogP contribution in [0.4, 0.5) is 0 Å². The molecule has 1 aliphatic rings. The highest BCUT2D eigenvalue weighted by Gasteiger charge is 2.16. The average molecular weight is 336 g/mol. The summed E-state index contributed by atoms with van der Waals surface area (Å²) >= 11 is 0. The van der Waals surface area contributed by atoms with Crippen LogP contribution < -0.4 is 10.3 Å². The zero-order valence-electron chi connectivity index (χ0n) is 14.1. The van der Waals surface area contributed by atoms with E-state index in [4.69, 9.17) is 14.5 Å². The SMILES string of the molecule is Cc1cc(-c2ccc(=O)[nH]c2)nc2ccc(OCC3CCCO3)cc12. The maximum Gasteiger partial charge on any atom is 0.247 e. The number of hydrogen-bond acceptors (Lipinski definition) is 4. The fraction of sp³-hybridized carbons (Fsp3) is 0.300. The monoisotopic (exact) mass is 336 g/mol. The van der Waals surface area contributed by atoms with Gasteiger partial charge in [0.25, 0.3) is 0 Å². The molecule has 1 N–H and O–H groups in total. The topological polar surface area (TPSA) is 64.2 Å². The van der Waals surface area contributed by atoms with Crippen LogP contribution in [-0.4, -0.2) is 29.3 Å². The first kappa shape index (κ1) is 15.8. The van der Waals surface area contributed by atoms with Crippen LogP contribution in [0, 0.1) is 6.92 Å². The second kappa shape index (κ2) is 6.69. The van der Waals surface area contributed by atoms with Crippen LogP contribution in [0.1, 0.15) is 18.4 Å². The predicted octanol–water partition coefficient (Wildman–Crippen LogP) is 3.46. The molecule has 1 saturated heterocycles. The Kier molecular flexibility index (Phi) is 4.24. The Morgan fingerprint density at radius 1 is 1.28 bits per heavy atom. The van der Waals surface area contributed by atoms with Crippen LogP contribution >= 0.6 is 0 Å². The number of aromatic amines is 1. The fourth-order valence-electron chi connectivity index (χ4n) is 3.15. The number of aryl methyl sites for hydroxylation is 1. The summed E-state index contributed by atoms with van der Waals surface area (Å²) < 4.78 is 11.5. The zero-order valence-corrected chi connectivity index (χ0v) is 14.1. The third-order valence-corrected chi connectivity index (χ3v) is 4.53. The molecule has 3 aromatic rings. The van der Waals surface area contributed by atoms with Gasteiger partial charge in [0, 0.05) is 29.8 Å². The van der Waals surface area contributed by atoms with Gasteiger partial charge in [-0.3, -0.25) is 4.79 Å². The van der Waals surface area contributed by atoms with E-state index in [9.17, 15) is 4.79 Å². The lowest BCUT2D eigenvalue weighted by molar-refractivity contribution is 0.0680. The van der Waals surface area contributed by atoms with Crippen molar-refractivity contribution >= 4 is 10.9 Å². The molecule has 1 atom stereocenters. The van der Waals surface area contributed by atoms with Gasteiger partial charge in [0.2, 0.25) is 5.56 Å². The van der Waals surface area contributed by atoms with Gasteiger partial charge in [0.15, 0.2) is 0 Å². The van der Waals surface area contributed by atoms with Crippen LogP contribution in [0.15, 0.2) is 47.4 Å². The average Bonchev–Trinajstić information content (AvgIpc) is 3.14. The number of benzene rings is 1. The van der Waals surface area contributed by atoms with Crippen molar-refractivity contribution in [3.8, 4) is 17.0 Å². The number of H-pyrrole nitrogens is 1. The molecule has 5 nitrogen and oxygen atoms in total. The largest absolute Gasteiger partial charge is 0.491 e. The predicted molar refractivity (Wildman–Crippen MR) is 97.0 cm³/mol. The lowest BCUT2D eigenvalue weighted by Gasteiger charge is -2.13. The normalized spacial score (nSPS) is 17.1. The van der Waals surface area contributed by atoms with E-state index < -0.39 is 0 Å². The summed E-state index contributed by atoms with van der Waals surface area (Å²) in [6, 6.07) is 11.3. The number of nitrogens with zero attached hydrogens (tertiary/aromatic N) is 1. The Balaban J connectivity index is 1.62. The van der Waals surface area contributed by atoms with E-state index in [0.29, 0.717) is 6.61 Å². The van der Waals surface area contributed by atoms with Gasteiger partial charge in [-0.1, -0.05) is 0 Å². The molecule has 0 radical (unpaired) electrons. The van der Waals surface area contributed by atoms with Crippen LogP contribution in [0.2, 0.25) is 0 Å².